The Morgan fingerprint density at radius 3 is 1.76 bits per heavy atom. The van der Waals surface area contributed by atoms with Crippen molar-refractivity contribution in [1.29, 1.82) is 0 Å². The van der Waals surface area contributed by atoms with E-state index in [1.54, 1.807) is 0 Å². The molecule has 0 aromatic rings. The van der Waals surface area contributed by atoms with E-state index >= 15 is 0 Å². The molecule has 0 saturated heterocycles. The van der Waals surface area contributed by atoms with E-state index in [0.717, 1.165) is 5.92 Å². The Balaban J connectivity index is 3.23. The third-order valence-electron chi connectivity index (χ3n) is 4.14. The molecular weight excluding hydrogens is 206 g/mol. The van der Waals surface area contributed by atoms with Crippen LogP contribution in [0, 0.1) is 5.92 Å². The lowest BCUT2D eigenvalue weighted by atomic mass is 9.96. The van der Waals surface area contributed by atoms with E-state index in [1.165, 1.54) is 71.0 Å². The van der Waals surface area contributed by atoms with Gasteiger partial charge in [0.15, 0.2) is 0 Å². The molecule has 0 heterocycles. The van der Waals surface area contributed by atoms with E-state index < -0.39 is 0 Å². The summed E-state index contributed by atoms with van der Waals surface area (Å²) < 4.78 is 0. The van der Waals surface area contributed by atoms with Crippen LogP contribution in [0.2, 0.25) is 0 Å². The first-order chi connectivity index (χ1) is 8.28. The summed E-state index contributed by atoms with van der Waals surface area (Å²) in [5.41, 5.74) is 0. The summed E-state index contributed by atoms with van der Waals surface area (Å²) in [5.74, 6) is 0.991. The zero-order chi connectivity index (χ0) is 12.9. The van der Waals surface area contributed by atoms with Crippen LogP contribution in [-0.2, 0) is 0 Å². The van der Waals surface area contributed by atoms with Crippen LogP contribution in [0.3, 0.4) is 0 Å². The van der Waals surface area contributed by atoms with Gasteiger partial charge in [0.05, 0.1) is 0 Å². The Kier molecular flexibility index (Phi) is 12.4. The van der Waals surface area contributed by atoms with Crippen LogP contribution < -0.4 is 0 Å². The molecular formula is C16H35N. The molecule has 0 aliphatic rings. The Morgan fingerprint density at radius 1 is 0.706 bits per heavy atom. The fourth-order valence-electron chi connectivity index (χ4n) is 2.54. The molecule has 0 aliphatic carbocycles. The van der Waals surface area contributed by atoms with Gasteiger partial charge in [0.1, 0.15) is 0 Å². The highest BCUT2D eigenvalue weighted by Crippen LogP contribution is 2.17. The monoisotopic (exact) mass is 241 g/mol. The Labute approximate surface area is 110 Å². The molecule has 1 heteroatoms. The first-order valence-electron chi connectivity index (χ1n) is 8.00. The molecule has 0 saturated carbocycles. The maximum atomic E-state index is 2.53. The minimum atomic E-state index is 0.991. The minimum absolute atomic E-state index is 0.991. The van der Waals surface area contributed by atoms with Crippen molar-refractivity contribution in [3.05, 3.63) is 0 Å². The van der Waals surface area contributed by atoms with Crippen LogP contribution in [0.5, 0.6) is 0 Å². The van der Waals surface area contributed by atoms with Gasteiger partial charge in [-0.25, -0.2) is 0 Å². The molecule has 0 spiro atoms. The molecule has 0 amide bonds. The van der Waals surface area contributed by atoms with Crippen LogP contribution in [0.25, 0.3) is 0 Å². The normalized spacial score (nSPS) is 11.6. The Morgan fingerprint density at radius 2 is 1.24 bits per heavy atom. The van der Waals surface area contributed by atoms with Crippen LogP contribution in [0.1, 0.15) is 79.1 Å². The highest BCUT2D eigenvalue weighted by molar-refractivity contribution is 4.56. The van der Waals surface area contributed by atoms with Gasteiger partial charge < -0.3 is 4.90 Å². The van der Waals surface area contributed by atoms with Crippen molar-refractivity contribution < 1.29 is 0 Å². The van der Waals surface area contributed by atoms with Gasteiger partial charge in [-0.05, 0) is 32.0 Å². The average Bonchev–Trinajstić information content (AvgIpc) is 2.37. The van der Waals surface area contributed by atoms with Crippen molar-refractivity contribution in [2.75, 3.05) is 19.6 Å². The fraction of sp³-hybridized carbons (Fsp3) is 1.00. The van der Waals surface area contributed by atoms with Gasteiger partial charge >= 0.3 is 0 Å². The third-order valence-corrected chi connectivity index (χ3v) is 4.14. The van der Waals surface area contributed by atoms with Crippen LogP contribution >= 0.6 is 0 Å². The lowest BCUT2D eigenvalue weighted by Crippen LogP contribution is -2.23. The van der Waals surface area contributed by atoms with Crippen molar-refractivity contribution in [2.24, 2.45) is 5.92 Å². The Bertz CT molecular complexity index is 120. The van der Waals surface area contributed by atoms with E-state index in [9.17, 15) is 0 Å². The molecule has 17 heavy (non-hydrogen) atoms. The first kappa shape index (κ1) is 17.0. The predicted molar refractivity (Wildman–Crippen MR) is 79.6 cm³/mol. The number of hydrogen-bond acceptors (Lipinski definition) is 1. The second kappa shape index (κ2) is 12.4. The quantitative estimate of drug-likeness (QED) is 0.429. The molecule has 0 atom stereocenters. The van der Waals surface area contributed by atoms with Gasteiger partial charge in [-0.1, -0.05) is 72.6 Å². The highest BCUT2D eigenvalue weighted by Gasteiger charge is 2.02. The number of unbranched alkanes of at least 4 members (excludes halogenated alkanes) is 4. The van der Waals surface area contributed by atoms with Gasteiger partial charge in [0.2, 0.25) is 0 Å². The summed E-state index contributed by atoms with van der Waals surface area (Å²) in [6, 6.07) is 0. The molecule has 0 rings (SSSR count). The smallest absolute Gasteiger partial charge is 0.00190 e. The molecule has 0 aromatic carbocycles. The van der Waals surface area contributed by atoms with Crippen molar-refractivity contribution in [2.45, 2.75) is 79.1 Å². The van der Waals surface area contributed by atoms with Gasteiger partial charge in [-0.3, -0.25) is 0 Å². The largest absolute Gasteiger partial charge is 0.304 e. The van der Waals surface area contributed by atoms with Crippen molar-refractivity contribution >= 4 is 0 Å². The minimum Gasteiger partial charge on any atom is -0.304 e. The van der Waals surface area contributed by atoms with Gasteiger partial charge in [0, 0.05) is 0 Å². The third kappa shape index (κ3) is 9.64. The highest BCUT2D eigenvalue weighted by atomic mass is 15.1. The maximum Gasteiger partial charge on any atom is -0.00190 e. The second-order valence-corrected chi connectivity index (χ2v) is 5.27. The molecule has 0 radical (unpaired) electrons. The summed E-state index contributed by atoms with van der Waals surface area (Å²) in [7, 11) is 0. The molecule has 1 nitrogen and oxygen atoms in total. The zero-order valence-electron chi connectivity index (χ0n) is 12.8. The number of hydrogen-bond donors (Lipinski definition) is 0. The van der Waals surface area contributed by atoms with Crippen molar-refractivity contribution in [3.8, 4) is 0 Å². The summed E-state index contributed by atoms with van der Waals surface area (Å²) >= 11 is 0. The van der Waals surface area contributed by atoms with E-state index in [4.69, 9.17) is 0 Å². The lowest BCUT2D eigenvalue weighted by molar-refractivity contribution is 0.295. The van der Waals surface area contributed by atoms with E-state index in [2.05, 4.69) is 32.6 Å². The molecule has 0 aromatic heterocycles. The summed E-state index contributed by atoms with van der Waals surface area (Å²) in [6.45, 7) is 12.9. The van der Waals surface area contributed by atoms with Gasteiger partial charge in [0.25, 0.3) is 0 Å². The van der Waals surface area contributed by atoms with E-state index in [1.807, 2.05) is 0 Å². The predicted octanol–water partition coefficient (Wildman–Crippen LogP) is 5.11. The molecule has 0 N–H and O–H groups in total. The molecule has 0 unspecified atom stereocenters. The van der Waals surface area contributed by atoms with Gasteiger partial charge in [-0.15, -0.1) is 0 Å². The second-order valence-electron chi connectivity index (χ2n) is 5.27. The fourth-order valence-corrected chi connectivity index (χ4v) is 2.54. The standard InChI is InChI=1S/C16H35N/c1-5-16(6-2)14-12-10-9-11-13-15-17(7-3)8-4/h16H,5-15H2,1-4H3. The first-order valence-corrected chi connectivity index (χ1v) is 8.00. The summed E-state index contributed by atoms with van der Waals surface area (Å²) in [5, 5.41) is 0. The lowest BCUT2D eigenvalue weighted by Gasteiger charge is -2.17. The zero-order valence-corrected chi connectivity index (χ0v) is 12.8. The maximum absolute atomic E-state index is 2.53. The SMILES string of the molecule is CCC(CC)CCCCCCCN(CC)CC. The van der Waals surface area contributed by atoms with Crippen LogP contribution in [0.15, 0.2) is 0 Å². The number of rotatable bonds is 12. The topological polar surface area (TPSA) is 3.24 Å². The molecule has 104 valence electrons. The number of nitrogens with zero attached hydrogens (tertiary/aromatic N) is 1. The average molecular weight is 241 g/mol. The van der Waals surface area contributed by atoms with Crippen molar-refractivity contribution in [3.63, 3.8) is 0 Å². The van der Waals surface area contributed by atoms with Crippen LogP contribution in [-0.4, -0.2) is 24.5 Å². The van der Waals surface area contributed by atoms with Gasteiger partial charge in [-0.2, -0.15) is 0 Å². The molecule has 0 fully saturated rings. The molecule has 0 aliphatic heterocycles. The van der Waals surface area contributed by atoms with E-state index in [0.29, 0.717) is 0 Å². The van der Waals surface area contributed by atoms with Crippen LogP contribution in [0.4, 0.5) is 0 Å². The Hall–Kier alpha value is -0.0400. The summed E-state index contributed by atoms with van der Waals surface area (Å²) in [4.78, 5) is 2.53. The molecule has 0 bridgehead atoms. The van der Waals surface area contributed by atoms with E-state index in [-0.39, 0.29) is 0 Å². The summed E-state index contributed by atoms with van der Waals surface area (Å²) in [6.07, 6.45) is 11.4. The van der Waals surface area contributed by atoms with Crippen molar-refractivity contribution in [1.82, 2.24) is 4.90 Å².